The van der Waals surface area contributed by atoms with Crippen LogP contribution in [0.1, 0.15) is 21.5 Å². The molecule has 0 saturated carbocycles. The van der Waals surface area contributed by atoms with Gasteiger partial charge >= 0.3 is 5.97 Å². The van der Waals surface area contributed by atoms with Crippen LogP contribution in [0.4, 0.5) is 5.69 Å². The van der Waals surface area contributed by atoms with Crippen LogP contribution in [0.3, 0.4) is 0 Å². The van der Waals surface area contributed by atoms with Gasteiger partial charge in [0.05, 0.1) is 0 Å². The highest BCUT2D eigenvalue weighted by Gasteiger charge is 2.24. The van der Waals surface area contributed by atoms with E-state index in [2.05, 4.69) is 15.6 Å². The van der Waals surface area contributed by atoms with Crippen LogP contribution in [0.5, 0.6) is 0 Å². The van der Waals surface area contributed by atoms with Gasteiger partial charge in [-0.1, -0.05) is 48.5 Å². The maximum absolute atomic E-state index is 13.3. The third kappa shape index (κ3) is 6.24. The second-order valence-corrected chi connectivity index (χ2v) is 8.79. The monoisotopic (exact) mass is 496 g/mol. The van der Waals surface area contributed by atoms with E-state index in [1.165, 1.54) is 6.08 Å². The highest BCUT2D eigenvalue weighted by Crippen LogP contribution is 2.20. The molecule has 1 aromatic heterocycles. The predicted molar refractivity (Wildman–Crippen MR) is 144 cm³/mol. The molecule has 2 amide bonds. The summed E-state index contributed by atoms with van der Waals surface area (Å²) in [5.41, 5.74) is 3.61. The van der Waals surface area contributed by atoms with Gasteiger partial charge in [-0.3, -0.25) is 9.59 Å². The molecule has 0 bridgehead atoms. The molecule has 1 atom stereocenters. The SMILES string of the molecule is CN(C)c1ccc(/C=C(\NC(=O)c2ccccc2)C(=O)NC(Cc2c[nH]c3ccccc23)C(=O)O)cc1. The summed E-state index contributed by atoms with van der Waals surface area (Å²) in [7, 11) is 3.84. The van der Waals surface area contributed by atoms with E-state index in [9.17, 15) is 19.5 Å². The Morgan fingerprint density at radius 3 is 2.30 bits per heavy atom. The molecule has 1 unspecified atom stereocenters. The van der Waals surface area contributed by atoms with Gasteiger partial charge in [0.25, 0.3) is 11.8 Å². The zero-order valence-electron chi connectivity index (χ0n) is 20.6. The lowest BCUT2D eigenvalue weighted by atomic mass is 10.0. The smallest absolute Gasteiger partial charge is 0.326 e. The molecular formula is C29H28N4O4. The van der Waals surface area contributed by atoms with Crippen LogP contribution >= 0.6 is 0 Å². The number of aromatic nitrogens is 1. The number of para-hydroxylation sites is 1. The topological polar surface area (TPSA) is 115 Å². The average molecular weight is 497 g/mol. The Morgan fingerprint density at radius 2 is 1.62 bits per heavy atom. The lowest BCUT2D eigenvalue weighted by molar-refractivity contribution is -0.141. The van der Waals surface area contributed by atoms with E-state index in [-0.39, 0.29) is 12.1 Å². The summed E-state index contributed by atoms with van der Waals surface area (Å²) in [6, 6.07) is 22.2. The number of amides is 2. The van der Waals surface area contributed by atoms with E-state index in [1.54, 1.807) is 36.5 Å². The van der Waals surface area contributed by atoms with E-state index in [0.717, 1.165) is 22.2 Å². The number of carbonyl (C=O) groups excluding carboxylic acids is 2. The van der Waals surface area contributed by atoms with E-state index in [4.69, 9.17) is 0 Å². The summed E-state index contributed by atoms with van der Waals surface area (Å²) in [6.07, 6.45) is 3.34. The summed E-state index contributed by atoms with van der Waals surface area (Å²) in [5.74, 6) is -2.36. The molecule has 0 aliphatic heterocycles. The lowest BCUT2D eigenvalue weighted by Gasteiger charge is -2.17. The second kappa shape index (κ2) is 11.3. The van der Waals surface area contributed by atoms with Crippen LogP contribution in [-0.4, -0.2) is 48.0 Å². The molecule has 0 fully saturated rings. The molecule has 0 aliphatic carbocycles. The van der Waals surface area contributed by atoms with Gasteiger partial charge in [0, 0.05) is 48.9 Å². The minimum atomic E-state index is -1.21. The molecule has 0 saturated heterocycles. The van der Waals surface area contributed by atoms with Gasteiger partial charge < -0.3 is 25.6 Å². The Balaban J connectivity index is 1.60. The molecule has 8 heteroatoms. The third-order valence-electron chi connectivity index (χ3n) is 5.95. The number of aromatic amines is 1. The normalized spacial score (nSPS) is 12.1. The Morgan fingerprint density at radius 1 is 0.946 bits per heavy atom. The summed E-state index contributed by atoms with van der Waals surface area (Å²) in [6.45, 7) is 0. The first-order chi connectivity index (χ1) is 17.8. The van der Waals surface area contributed by atoms with Gasteiger partial charge in [-0.05, 0) is 47.5 Å². The number of nitrogens with one attached hydrogen (secondary N) is 3. The molecular weight excluding hydrogens is 468 g/mol. The minimum absolute atomic E-state index is 0.0587. The van der Waals surface area contributed by atoms with Crippen molar-refractivity contribution in [2.24, 2.45) is 0 Å². The largest absolute Gasteiger partial charge is 0.480 e. The molecule has 4 aromatic rings. The number of anilines is 1. The number of carboxylic acids is 1. The summed E-state index contributed by atoms with van der Waals surface area (Å²) in [5, 5.41) is 16.0. The highest BCUT2D eigenvalue weighted by atomic mass is 16.4. The molecule has 1 heterocycles. The third-order valence-corrected chi connectivity index (χ3v) is 5.95. The van der Waals surface area contributed by atoms with E-state index in [1.807, 2.05) is 67.5 Å². The first-order valence-corrected chi connectivity index (χ1v) is 11.8. The lowest BCUT2D eigenvalue weighted by Crippen LogP contribution is -2.45. The van der Waals surface area contributed by atoms with Crippen molar-refractivity contribution in [1.29, 1.82) is 0 Å². The molecule has 4 rings (SSSR count). The van der Waals surface area contributed by atoms with Crippen molar-refractivity contribution in [2.75, 3.05) is 19.0 Å². The molecule has 4 N–H and O–H groups in total. The van der Waals surface area contributed by atoms with Gasteiger partial charge in [-0.2, -0.15) is 0 Å². The standard InChI is InChI=1S/C29H28N4O4/c1-33(2)22-14-12-19(13-15-22)16-25(31-27(34)20-8-4-3-5-9-20)28(35)32-26(29(36)37)17-21-18-30-24-11-7-6-10-23(21)24/h3-16,18,26,30H,17H2,1-2H3,(H,31,34)(H,32,35)(H,36,37)/b25-16-. The number of benzene rings is 3. The zero-order chi connectivity index (χ0) is 26.4. The fourth-order valence-electron chi connectivity index (χ4n) is 3.93. The van der Waals surface area contributed by atoms with Gasteiger partial charge in [0.15, 0.2) is 0 Å². The van der Waals surface area contributed by atoms with Crippen molar-refractivity contribution >= 4 is 40.4 Å². The molecule has 3 aromatic carbocycles. The summed E-state index contributed by atoms with van der Waals surface area (Å²) in [4.78, 5) is 43.3. The van der Waals surface area contributed by atoms with Crippen LogP contribution in [0.25, 0.3) is 17.0 Å². The maximum atomic E-state index is 13.3. The summed E-state index contributed by atoms with van der Waals surface area (Å²) < 4.78 is 0. The average Bonchev–Trinajstić information content (AvgIpc) is 3.31. The Labute approximate surface area is 214 Å². The van der Waals surface area contributed by atoms with Crippen LogP contribution in [0.15, 0.2) is 90.8 Å². The van der Waals surface area contributed by atoms with Gasteiger partial charge in [0.2, 0.25) is 0 Å². The summed E-state index contributed by atoms with van der Waals surface area (Å²) >= 11 is 0. The number of hydrogen-bond donors (Lipinski definition) is 4. The number of carbonyl (C=O) groups is 3. The number of nitrogens with zero attached hydrogens (tertiary/aromatic N) is 1. The van der Waals surface area contributed by atoms with Crippen LogP contribution in [0.2, 0.25) is 0 Å². The van der Waals surface area contributed by atoms with Gasteiger partial charge in [-0.15, -0.1) is 0 Å². The molecule has 37 heavy (non-hydrogen) atoms. The number of aliphatic carboxylic acids is 1. The number of H-pyrrole nitrogens is 1. The molecule has 0 aliphatic rings. The van der Waals surface area contributed by atoms with E-state index >= 15 is 0 Å². The quantitative estimate of drug-likeness (QED) is 0.263. The Hall–Kier alpha value is -4.85. The fraction of sp³-hybridized carbons (Fsp3) is 0.138. The van der Waals surface area contributed by atoms with Crippen molar-refractivity contribution in [3.63, 3.8) is 0 Å². The van der Waals surface area contributed by atoms with Crippen LogP contribution < -0.4 is 15.5 Å². The molecule has 0 spiro atoms. The van der Waals surface area contributed by atoms with E-state index < -0.39 is 23.8 Å². The van der Waals surface area contributed by atoms with Crippen LogP contribution in [-0.2, 0) is 16.0 Å². The number of carboxylic acid groups (broad SMARTS) is 1. The van der Waals surface area contributed by atoms with Crippen molar-refractivity contribution in [1.82, 2.24) is 15.6 Å². The number of fused-ring (bicyclic) bond motifs is 1. The molecule has 8 nitrogen and oxygen atoms in total. The predicted octanol–water partition coefficient (Wildman–Crippen LogP) is 3.82. The first-order valence-electron chi connectivity index (χ1n) is 11.8. The fourth-order valence-corrected chi connectivity index (χ4v) is 3.93. The first kappa shape index (κ1) is 25.2. The highest BCUT2D eigenvalue weighted by molar-refractivity contribution is 6.06. The Bertz CT molecular complexity index is 1440. The van der Waals surface area contributed by atoms with Gasteiger partial charge in [0.1, 0.15) is 11.7 Å². The number of rotatable bonds is 9. The van der Waals surface area contributed by atoms with Gasteiger partial charge in [-0.25, -0.2) is 4.79 Å². The Kier molecular flexibility index (Phi) is 7.68. The van der Waals surface area contributed by atoms with Crippen molar-refractivity contribution < 1.29 is 19.5 Å². The van der Waals surface area contributed by atoms with E-state index in [0.29, 0.717) is 11.1 Å². The van der Waals surface area contributed by atoms with Crippen molar-refractivity contribution in [2.45, 2.75) is 12.5 Å². The second-order valence-electron chi connectivity index (χ2n) is 8.79. The maximum Gasteiger partial charge on any atom is 0.326 e. The zero-order valence-corrected chi connectivity index (χ0v) is 20.6. The molecule has 188 valence electrons. The number of hydrogen-bond acceptors (Lipinski definition) is 4. The van der Waals surface area contributed by atoms with Crippen LogP contribution in [0, 0.1) is 0 Å². The van der Waals surface area contributed by atoms with Crippen molar-refractivity contribution in [3.05, 3.63) is 107 Å². The van der Waals surface area contributed by atoms with Crippen molar-refractivity contribution in [3.8, 4) is 0 Å². The minimum Gasteiger partial charge on any atom is -0.480 e. The molecule has 0 radical (unpaired) electrons.